The number of aromatic nitrogens is 6. The number of benzene rings is 4. The largest absolute Gasteiger partial charge is 2.00 e. The summed E-state index contributed by atoms with van der Waals surface area (Å²) in [5, 5.41) is 20.2. The molecular weight excluding hydrogens is 1070 g/mol. The minimum atomic E-state index is -4.85. The number of ether oxygens (including phenoxy) is 3. The maximum absolute atomic E-state index is 13.1. The van der Waals surface area contributed by atoms with Crippen LogP contribution in [0.2, 0.25) is 0 Å². The van der Waals surface area contributed by atoms with Gasteiger partial charge in [-0.25, -0.2) is 4.98 Å². The molecule has 0 aliphatic rings. The van der Waals surface area contributed by atoms with Gasteiger partial charge in [-0.3, -0.25) is 34.7 Å². The van der Waals surface area contributed by atoms with E-state index in [0.717, 1.165) is 55.0 Å². The van der Waals surface area contributed by atoms with Crippen LogP contribution in [-0.2, 0) is 48.0 Å². The van der Waals surface area contributed by atoms with E-state index in [0.29, 0.717) is 47.5 Å². The third-order valence-corrected chi connectivity index (χ3v) is 11.5. The van der Waals surface area contributed by atoms with Crippen LogP contribution in [0.3, 0.4) is 0 Å². The van der Waals surface area contributed by atoms with Gasteiger partial charge in [0.2, 0.25) is 0 Å². The molecule has 16 nitrogen and oxygen atoms in total. The number of allylic oxidation sites excluding steroid dienone is 1. The number of hydrogen-bond donors (Lipinski definition) is 1. The van der Waals surface area contributed by atoms with Gasteiger partial charge in [-0.05, 0) is 72.8 Å². The van der Waals surface area contributed by atoms with Gasteiger partial charge >= 0.3 is 25.7 Å². The molecule has 0 saturated heterocycles. The number of carbonyl (C=O) groups is 3. The smallest absolute Gasteiger partial charge is 0.753 e. The van der Waals surface area contributed by atoms with Crippen LogP contribution in [0.1, 0.15) is 5.69 Å². The summed E-state index contributed by atoms with van der Waals surface area (Å²) in [5.74, 6) is 0.760. The van der Waals surface area contributed by atoms with E-state index >= 15 is 0 Å². The van der Waals surface area contributed by atoms with E-state index in [1.165, 1.54) is 60.1 Å². The number of para-hydroxylation sites is 2. The third-order valence-electron chi connectivity index (χ3n) is 11.5. The number of halogens is 3. The van der Waals surface area contributed by atoms with E-state index in [4.69, 9.17) is 30.8 Å². The molecule has 10 aromatic rings. The van der Waals surface area contributed by atoms with Gasteiger partial charge in [0.25, 0.3) is 19.4 Å². The Morgan fingerprint density at radius 1 is 0.613 bits per heavy atom. The van der Waals surface area contributed by atoms with Crippen molar-refractivity contribution in [2.45, 2.75) is 6.18 Å². The number of isothiocyanates is 1. The molecule has 6 heterocycles. The predicted octanol–water partition coefficient (Wildman–Crippen LogP) is 12.3. The van der Waals surface area contributed by atoms with E-state index in [-0.39, 0.29) is 48.9 Å². The Labute approximate surface area is 442 Å². The van der Waals surface area contributed by atoms with Crippen molar-refractivity contribution in [1.29, 1.82) is 5.41 Å². The summed E-state index contributed by atoms with van der Waals surface area (Å²) in [7, 11) is 4.06. The number of nitrogens with zero attached hydrogens (tertiary/aromatic N) is 8. The van der Waals surface area contributed by atoms with Gasteiger partial charge < -0.3 is 39.4 Å². The normalized spacial score (nSPS) is 11.0. The number of thiocarbonyl (C=S) groups is 1. The topological polar surface area (TPSA) is 214 Å². The van der Waals surface area contributed by atoms with E-state index in [9.17, 15) is 27.6 Å². The molecule has 2 N–H and O–H groups in total. The zero-order valence-electron chi connectivity index (χ0n) is 39.2. The number of nitrogens with one attached hydrogen (secondary N) is 2. The van der Waals surface area contributed by atoms with Gasteiger partial charge in [-0.15, -0.1) is 5.70 Å². The molecule has 0 atom stereocenters. The minimum absolute atomic E-state index is 0. The number of fused-ring (bicyclic) bond motifs is 6. The van der Waals surface area contributed by atoms with Crippen LogP contribution in [0.4, 0.5) is 30.2 Å². The second-order valence-corrected chi connectivity index (χ2v) is 16.0. The Morgan fingerprint density at radius 2 is 1.07 bits per heavy atom. The number of hydrogen-bond acceptors (Lipinski definition) is 13. The standard InChI is InChI=1S/C35H26F3N6.C18H11N3O6.CNS.Ru/c1-42-31-10-6-4-8-25(31)27-17-21(12-14-32(27)42)44(23-15-16-41-29(18-23)28(39)20-34(40)35(36,37)38)22-11-13-26-24-7-3-5-9-30(24)43(2)33(26)19-22;22-9-25-12-1-3-19-15(5-12)17-7-14(27-11-24)8-18(21-17)16-6-13(26-10-23)2-4-20-16;2-1-3;/h3-20,39-40H,1-2H3;1-11H;;/q-1;;-1;+2/b28-20-,40-34?;;;. The molecule has 0 bridgehead atoms. The first-order valence-corrected chi connectivity index (χ1v) is 22.2. The zero-order valence-corrected chi connectivity index (χ0v) is 41.7. The molecule has 0 radical (unpaired) electrons. The summed E-state index contributed by atoms with van der Waals surface area (Å²) >= 11 is 3.70. The molecule has 374 valence electrons. The molecule has 10 rings (SSSR count). The van der Waals surface area contributed by atoms with E-state index < -0.39 is 17.6 Å². The predicted molar refractivity (Wildman–Crippen MR) is 280 cm³/mol. The Balaban J connectivity index is 0.000000227. The van der Waals surface area contributed by atoms with Crippen molar-refractivity contribution in [3.63, 3.8) is 0 Å². The zero-order chi connectivity index (χ0) is 52.5. The average molecular weight is 1110 g/mol. The molecular formula is C54H37F3N10O6RuS. The monoisotopic (exact) mass is 1110 g/mol. The molecule has 0 saturated carbocycles. The Bertz CT molecular complexity index is 3790. The van der Waals surface area contributed by atoms with Crippen LogP contribution in [0.15, 0.2) is 158 Å². The first-order chi connectivity index (χ1) is 35.8. The van der Waals surface area contributed by atoms with Crippen molar-refractivity contribution in [2.24, 2.45) is 14.1 Å². The van der Waals surface area contributed by atoms with Gasteiger partial charge in [0.15, 0.2) is 0 Å². The first kappa shape index (κ1) is 53.5. The number of alkyl halides is 3. The van der Waals surface area contributed by atoms with Crippen LogP contribution < -0.4 is 19.1 Å². The molecule has 0 aliphatic carbocycles. The molecule has 6 aromatic heterocycles. The number of pyridine rings is 4. The van der Waals surface area contributed by atoms with Crippen LogP contribution in [0.5, 0.6) is 17.2 Å². The maximum atomic E-state index is 13.1. The summed E-state index contributed by atoms with van der Waals surface area (Å²) in [4.78, 5) is 50.8. The number of rotatable bonds is 13. The molecule has 0 unspecified atom stereocenters. The summed E-state index contributed by atoms with van der Waals surface area (Å²) < 4.78 is 58.0. The van der Waals surface area contributed by atoms with Crippen molar-refractivity contribution in [2.75, 3.05) is 4.90 Å². The van der Waals surface area contributed by atoms with Crippen molar-refractivity contribution in [3.8, 4) is 40.0 Å². The van der Waals surface area contributed by atoms with Gasteiger partial charge in [0.05, 0.1) is 28.3 Å². The molecule has 4 aromatic carbocycles. The quantitative estimate of drug-likeness (QED) is 0.0494. The van der Waals surface area contributed by atoms with Crippen LogP contribution in [-0.4, -0.2) is 65.5 Å². The minimum Gasteiger partial charge on any atom is -0.753 e. The Morgan fingerprint density at radius 3 is 1.64 bits per heavy atom. The second-order valence-electron chi connectivity index (χ2n) is 15.8. The fraction of sp³-hybridized carbons (Fsp3) is 0.0556. The molecule has 21 heteroatoms. The summed E-state index contributed by atoms with van der Waals surface area (Å²) in [6, 6.07) is 41.2. The van der Waals surface area contributed by atoms with E-state index in [1.807, 2.05) is 55.4 Å². The van der Waals surface area contributed by atoms with Gasteiger partial charge in [-0.2, -0.15) is 18.3 Å². The van der Waals surface area contributed by atoms with Crippen molar-refractivity contribution in [3.05, 3.63) is 175 Å². The van der Waals surface area contributed by atoms with Crippen molar-refractivity contribution < 1.29 is 61.2 Å². The summed E-state index contributed by atoms with van der Waals surface area (Å²) in [5.41, 5.74) is 14.3. The SMILES string of the molecule is Cn1c2ccccc2c2cc(N(c3ccnc(/C([NH-])=C/C(=N)C(F)(F)F)c3)c3ccc4c5ccccc5n(C)c4c3)ccc21.O=COc1ccnc(-c2cc(OC=O)cc(-c3cc(OC=O)ccn3)n2)c1.[N-]=C=S.[Ru+2]. The summed E-state index contributed by atoms with van der Waals surface area (Å²) in [6.45, 7) is 0.875. The number of aryl methyl sites for hydroxylation is 2. The average Bonchev–Trinajstić information content (AvgIpc) is 3.85. The first-order valence-electron chi connectivity index (χ1n) is 21.8. The van der Waals surface area contributed by atoms with E-state index in [2.05, 4.69) is 89.8 Å². The fourth-order valence-corrected chi connectivity index (χ4v) is 8.29. The third kappa shape index (κ3) is 11.7. The van der Waals surface area contributed by atoms with Crippen molar-refractivity contribution >= 4 is 109 Å². The van der Waals surface area contributed by atoms with Gasteiger partial charge in [-0.1, -0.05) is 54.7 Å². The molecule has 0 amide bonds. The molecule has 75 heavy (non-hydrogen) atoms. The van der Waals surface area contributed by atoms with Gasteiger partial charge in [0, 0.05) is 118 Å². The molecule has 0 aliphatic heterocycles. The fourth-order valence-electron chi connectivity index (χ4n) is 8.29. The van der Waals surface area contributed by atoms with Crippen LogP contribution in [0.25, 0.3) is 83.2 Å². The number of anilines is 3. The van der Waals surface area contributed by atoms with Gasteiger partial charge in [0.1, 0.15) is 23.0 Å². The van der Waals surface area contributed by atoms with Crippen molar-refractivity contribution in [1.82, 2.24) is 29.1 Å². The molecule has 0 spiro atoms. The second kappa shape index (κ2) is 23.5. The summed E-state index contributed by atoms with van der Waals surface area (Å²) in [6.07, 6.45) is 0.000210. The number of carbonyl (C=O) groups excluding carboxylic acids is 3. The Hall–Kier alpha value is -9.29. The molecule has 0 fully saturated rings. The maximum Gasteiger partial charge on any atom is 2.00 e. The van der Waals surface area contributed by atoms with Crippen LogP contribution in [0, 0.1) is 5.41 Å². The Kier molecular flexibility index (Phi) is 16.8. The van der Waals surface area contributed by atoms with Crippen LogP contribution >= 0.6 is 12.2 Å². The van der Waals surface area contributed by atoms with E-state index in [1.54, 1.807) is 12.1 Å².